The van der Waals surface area contributed by atoms with Gasteiger partial charge in [-0.15, -0.1) is 0 Å². The summed E-state index contributed by atoms with van der Waals surface area (Å²) in [4.78, 5) is 14.9. The Balaban J connectivity index is 1.38. The number of rotatable bonds is 5. The van der Waals surface area contributed by atoms with E-state index in [4.69, 9.17) is 9.47 Å². The van der Waals surface area contributed by atoms with Gasteiger partial charge in [-0.3, -0.25) is 4.79 Å². The molecule has 2 heterocycles. The van der Waals surface area contributed by atoms with Crippen LogP contribution in [-0.4, -0.2) is 44.4 Å². The standard InChI is InChI=1S/C22H25NO5S/c1-15(2)29(25,26)19-6-3-16(4-7-19)11-22(24)23-10-9-18(13-23)17-5-8-20-21(12-17)28-14-27-20/h3-8,12,15,18H,9-11,13-14H2,1-2H3. The van der Waals surface area contributed by atoms with Gasteiger partial charge in [0.2, 0.25) is 12.7 Å². The predicted molar refractivity (Wildman–Crippen MR) is 109 cm³/mol. The molecular weight excluding hydrogens is 390 g/mol. The maximum absolute atomic E-state index is 12.7. The Morgan fingerprint density at radius 2 is 1.83 bits per heavy atom. The first-order valence-corrected chi connectivity index (χ1v) is 11.4. The summed E-state index contributed by atoms with van der Waals surface area (Å²) < 4.78 is 35.3. The first-order valence-electron chi connectivity index (χ1n) is 9.85. The van der Waals surface area contributed by atoms with Crippen LogP contribution in [0.2, 0.25) is 0 Å². The molecule has 2 aliphatic heterocycles. The van der Waals surface area contributed by atoms with Crippen molar-refractivity contribution >= 4 is 15.7 Å². The van der Waals surface area contributed by atoms with Crippen LogP contribution in [-0.2, 0) is 21.1 Å². The number of fused-ring (bicyclic) bond motifs is 1. The smallest absolute Gasteiger partial charge is 0.231 e. The van der Waals surface area contributed by atoms with Crippen LogP contribution in [0.1, 0.15) is 37.3 Å². The molecule has 1 amide bonds. The van der Waals surface area contributed by atoms with Crippen molar-refractivity contribution in [2.24, 2.45) is 0 Å². The van der Waals surface area contributed by atoms with Gasteiger partial charge >= 0.3 is 0 Å². The van der Waals surface area contributed by atoms with Gasteiger partial charge in [0.25, 0.3) is 0 Å². The Morgan fingerprint density at radius 3 is 2.55 bits per heavy atom. The van der Waals surface area contributed by atoms with E-state index in [2.05, 4.69) is 0 Å². The summed E-state index contributed by atoms with van der Waals surface area (Å²) >= 11 is 0. The van der Waals surface area contributed by atoms with E-state index >= 15 is 0 Å². The SMILES string of the molecule is CC(C)S(=O)(=O)c1ccc(CC(=O)N2CCC(c3ccc4c(c3)OCO4)C2)cc1. The third-order valence-corrected chi connectivity index (χ3v) is 7.81. The lowest BCUT2D eigenvalue weighted by Gasteiger charge is -2.17. The summed E-state index contributed by atoms with van der Waals surface area (Å²) in [5.41, 5.74) is 1.98. The third-order valence-electron chi connectivity index (χ3n) is 5.64. The van der Waals surface area contributed by atoms with Crippen molar-refractivity contribution in [1.29, 1.82) is 0 Å². The van der Waals surface area contributed by atoms with E-state index < -0.39 is 15.1 Å². The second kappa shape index (κ2) is 7.71. The van der Waals surface area contributed by atoms with E-state index in [1.54, 1.807) is 38.1 Å². The lowest BCUT2D eigenvalue weighted by Crippen LogP contribution is -2.29. The highest BCUT2D eigenvalue weighted by molar-refractivity contribution is 7.92. The van der Waals surface area contributed by atoms with Gasteiger partial charge < -0.3 is 14.4 Å². The number of hydrogen-bond donors (Lipinski definition) is 0. The molecule has 1 fully saturated rings. The summed E-state index contributed by atoms with van der Waals surface area (Å²) in [5, 5.41) is -0.465. The molecule has 4 rings (SSSR count). The van der Waals surface area contributed by atoms with E-state index in [1.165, 1.54) is 0 Å². The minimum Gasteiger partial charge on any atom is -0.454 e. The zero-order valence-electron chi connectivity index (χ0n) is 16.6. The van der Waals surface area contributed by atoms with Crippen LogP contribution in [0, 0.1) is 0 Å². The minimum absolute atomic E-state index is 0.0627. The summed E-state index contributed by atoms with van der Waals surface area (Å²) in [6.07, 6.45) is 1.19. The largest absolute Gasteiger partial charge is 0.454 e. The van der Waals surface area contributed by atoms with E-state index in [-0.39, 0.29) is 25.0 Å². The molecule has 0 aromatic heterocycles. The highest BCUT2D eigenvalue weighted by Crippen LogP contribution is 2.37. The summed E-state index contributed by atoms with van der Waals surface area (Å²) in [5.74, 6) is 1.88. The molecule has 0 saturated carbocycles. The number of amides is 1. The number of likely N-dealkylation sites (tertiary alicyclic amines) is 1. The predicted octanol–water partition coefficient (Wildman–Crippen LogP) is 3.16. The van der Waals surface area contributed by atoms with Crippen molar-refractivity contribution in [2.75, 3.05) is 19.9 Å². The molecule has 2 aromatic rings. The van der Waals surface area contributed by atoms with E-state index in [0.29, 0.717) is 11.4 Å². The monoisotopic (exact) mass is 415 g/mol. The van der Waals surface area contributed by atoms with Gasteiger partial charge in [-0.1, -0.05) is 18.2 Å². The minimum atomic E-state index is -3.29. The van der Waals surface area contributed by atoms with E-state index in [9.17, 15) is 13.2 Å². The summed E-state index contributed by atoms with van der Waals surface area (Å²) in [7, 11) is -3.29. The lowest BCUT2D eigenvalue weighted by molar-refractivity contribution is -0.129. The average Bonchev–Trinajstić information content (AvgIpc) is 3.37. The van der Waals surface area contributed by atoms with Crippen molar-refractivity contribution < 1.29 is 22.7 Å². The number of ether oxygens (including phenoxy) is 2. The Hall–Kier alpha value is -2.54. The van der Waals surface area contributed by atoms with Gasteiger partial charge in [0.15, 0.2) is 21.3 Å². The van der Waals surface area contributed by atoms with Crippen molar-refractivity contribution in [3.63, 3.8) is 0 Å². The molecule has 29 heavy (non-hydrogen) atoms. The van der Waals surface area contributed by atoms with Gasteiger partial charge in [0, 0.05) is 19.0 Å². The second-order valence-corrected chi connectivity index (χ2v) is 10.4. The van der Waals surface area contributed by atoms with Crippen LogP contribution >= 0.6 is 0 Å². The Bertz CT molecular complexity index is 1010. The van der Waals surface area contributed by atoms with Crippen LogP contribution < -0.4 is 9.47 Å². The molecule has 1 saturated heterocycles. The molecule has 2 aromatic carbocycles. The summed E-state index contributed by atoms with van der Waals surface area (Å²) in [6, 6.07) is 12.6. The Labute approximate surface area is 171 Å². The normalized spacial score (nSPS) is 18.4. The van der Waals surface area contributed by atoms with Gasteiger partial charge in [-0.25, -0.2) is 8.42 Å². The first-order chi connectivity index (χ1) is 13.8. The molecular formula is C22H25NO5S. The van der Waals surface area contributed by atoms with E-state index in [0.717, 1.165) is 35.6 Å². The van der Waals surface area contributed by atoms with Crippen molar-refractivity contribution in [3.05, 3.63) is 53.6 Å². The zero-order valence-corrected chi connectivity index (χ0v) is 17.4. The molecule has 7 heteroatoms. The van der Waals surface area contributed by atoms with Crippen molar-refractivity contribution in [1.82, 2.24) is 4.90 Å². The zero-order chi connectivity index (χ0) is 20.6. The van der Waals surface area contributed by atoms with Crippen LogP contribution in [0.5, 0.6) is 11.5 Å². The number of nitrogens with zero attached hydrogens (tertiary/aromatic N) is 1. The van der Waals surface area contributed by atoms with Gasteiger partial charge in [0.05, 0.1) is 16.6 Å². The van der Waals surface area contributed by atoms with Crippen LogP contribution in [0.4, 0.5) is 0 Å². The van der Waals surface area contributed by atoms with Gasteiger partial charge in [-0.2, -0.15) is 0 Å². The van der Waals surface area contributed by atoms with Crippen LogP contribution in [0.15, 0.2) is 47.4 Å². The molecule has 2 aliphatic rings. The van der Waals surface area contributed by atoms with Crippen LogP contribution in [0.25, 0.3) is 0 Å². The summed E-state index contributed by atoms with van der Waals surface area (Å²) in [6.45, 7) is 4.98. The quantitative estimate of drug-likeness (QED) is 0.750. The molecule has 0 bridgehead atoms. The second-order valence-electron chi connectivity index (χ2n) is 7.85. The highest BCUT2D eigenvalue weighted by Gasteiger charge is 2.28. The molecule has 154 valence electrons. The maximum atomic E-state index is 12.7. The number of carbonyl (C=O) groups is 1. The van der Waals surface area contributed by atoms with Crippen molar-refractivity contribution in [2.45, 2.75) is 42.8 Å². The number of benzene rings is 2. The number of carbonyl (C=O) groups excluding carboxylic acids is 1. The molecule has 6 nitrogen and oxygen atoms in total. The molecule has 0 spiro atoms. The average molecular weight is 416 g/mol. The fourth-order valence-electron chi connectivity index (χ4n) is 3.78. The fraction of sp³-hybridized carbons (Fsp3) is 0.409. The molecule has 1 atom stereocenters. The molecule has 0 N–H and O–H groups in total. The fourth-order valence-corrected chi connectivity index (χ4v) is 4.84. The maximum Gasteiger partial charge on any atom is 0.231 e. The Morgan fingerprint density at radius 1 is 1.10 bits per heavy atom. The lowest BCUT2D eigenvalue weighted by atomic mass is 9.98. The van der Waals surface area contributed by atoms with Gasteiger partial charge in [0.1, 0.15) is 0 Å². The number of hydrogen-bond acceptors (Lipinski definition) is 5. The molecule has 0 aliphatic carbocycles. The molecule has 0 radical (unpaired) electrons. The number of sulfone groups is 1. The topological polar surface area (TPSA) is 72.9 Å². The van der Waals surface area contributed by atoms with Crippen molar-refractivity contribution in [3.8, 4) is 11.5 Å². The van der Waals surface area contributed by atoms with Gasteiger partial charge in [-0.05, 0) is 55.7 Å². The Kier molecular flexibility index (Phi) is 5.25. The first kappa shape index (κ1) is 19.8. The highest BCUT2D eigenvalue weighted by atomic mass is 32.2. The van der Waals surface area contributed by atoms with E-state index in [1.807, 2.05) is 23.1 Å². The van der Waals surface area contributed by atoms with Crippen LogP contribution in [0.3, 0.4) is 0 Å². The molecule has 1 unspecified atom stereocenters. The third kappa shape index (κ3) is 3.96.